The van der Waals surface area contributed by atoms with Gasteiger partial charge in [-0.15, -0.1) is 0 Å². The topological polar surface area (TPSA) is 30.5 Å². The lowest BCUT2D eigenvalue weighted by molar-refractivity contribution is 0.00578. The van der Waals surface area contributed by atoms with E-state index in [-0.39, 0.29) is 17.0 Å². The van der Waals surface area contributed by atoms with Crippen LogP contribution in [-0.4, -0.2) is 31.9 Å². The van der Waals surface area contributed by atoms with E-state index in [2.05, 4.69) is 5.32 Å². The third-order valence-electron chi connectivity index (χ3n) is 4.75. The molecule has 2 rings (SSSR count). The molecule has 1 aromatic rings. The van der Waals surface area contributed by atoms with Crippen LogP contribution in [0.5, 0.6) is 0 Å². The number of hydrogen-bond acceptors (Lipinski definition) is 3. The van der Waals surface area contributed by atoms with E-state index in [0.29, 0.717) is 17.7 Å². The lowest BCUT2D eigenvalue weighted by Gasteiger charge is -2.32. The van der Waals surface area contributed by atoms with E-state index < -0.39 is 7.12 Å². The van der Waals surface area contributed by atoms with E-state index in [1.807, 2.05) is 53.0 Å². The number of nitrogens with one attached hydrogen (secondary N) is 1. The molecule has 0 radical (unpaired) electrons. The third-order valence-corrected chi connectivity index (χ3v) is 4.75. The smallest absolute Gasteiger partial charge is 0.400 e. The fourth-order valence-electron chi connectivity index (χ4n) is 2.68. The Morgan fingerprint density at radius 3 is 2.04 bits per heavy atom. The van der Waals surface area contributed by atoms with Crippen LogP contribution in [-0.2, 0) is 9.31 Å². The normalized spacial score (nSPS) is 20.2. The Balaban J connectivity index is 2.36. The van der Waals surface area contributed by atoms with Gasteiger partial charge in [0.2, 0.25) is 0 Å². The summed E-state index contributed by atoms with van der Waals surface area (Å²) in [6, 6.07) is 3.70. The molecule has 0 bridgehead atoms. The maximum atomic E-state index is 13.8. The molecule has 1 heterocycles. The first kappa shape index (κ1) is 18.2. The number of hydrogen-bond donors (Lipinski definition) is 1. The molecule has 0 aliphatic carbocycles. The van der Waals surface area contributed by atoms with Gasteiger partial charge >= 0.3 is 7.12 Å². The first-order chi connectivity index (χ1) is 10.6. The molecule has 1 N–H and O–H groups in total. The molecule has 1 saturated heterocycles. The molecule has 0 spiro atoms. The molecule has 23 heavy (non-hydrogen) atoms. The van der Waals surface area contributed by atoms with Crippen molar-refractivity contribution >= 4 is 13.2 Å². The molecular weight excluding hydrogens is 292 g/mol. The summed E-state index contributed by atoms with van der Waals surface area (Å²) in [4.78, 5) is 0. The van der Waals surface area contributed by atoms with Gasteiger partial charge in [0.1, 0.15) is 5.82 Å². The Labute approximate surface area is 139 Å². The van der Waals surface area contributed by atoms with Crippen molar-refractivity contribution in [1.29, 1.82) is 0 Å². The van der Waals surface area contributed by atoms with Crippen LogP contribution >= 0.6 is 0 Å². The minimum atomic E-state index is -0.405. The number of aryl methyl sites for hydroxylation is 2. The van der Waals surface area contributed by atoms with Gasteiger partial charge in [0.05, 0.1) is 11.2 Å². The maximum absolute atomic E-state index is 13.8. The predicted octanol–water partition coefficient (Wildman–Crippen LogP) is 3.68. The van der Waals surface area contributed by atoms with Crippen molar-refractivity contribution in [3.8, 4) is 0 Å². The first-order valence-electron chi connectivity index (χ1n) is 8.05. The molecule has 1 aromatic carbocycles. The van der Waals surface area contributed by atoms with Gasteiger partial charge in [-0.1, -0.05) is 6.08 Å². The summed E-state index contributed by atoms with van der Waals surface area (Å²) in [7, 11) is 1.48. The minimum Gasteiger partial charge on any atom is -0.400 e. The molecule has 1 aliphatic rings. The Bertz CT molecular complexity index is 586. The Morgan fingerprint density at radius 2 is 1.61 bits per heavy atom. The molecule has 126 valence electrons. The van der Waals surface area contributed by atoms with Crippen LogP contribution in [0.2, 0.25) is 0 Å². The van der Waals surface area contributed by atoms with Crippen LogP contribution in [0.1, 0.15) is 44.4 Å². The summed E-state index contributed by atoms with van der Waals surface area (Å²) in [6.45, 7) is 12.4. The number of rotatable bonds is 4. The second-order valence-electron chi connectivity index (χ2n) is 7.31. The van der Waals surface area contributed by atoms with Crippen LogP contribution in [0.3, 0.4) is 0 Å². The summed E-state index contributed by atoms with van der Waals surface area (Å²) in [5.41, 5.74) is 2.50. The molecular formula is C18H27BFNO2. The highest BCUT2D eigenvalue weighted by Crippen LogP contribution is 2.38. The quantitative estimate of drug-likeness (QED) is 0.859. The first-order valence-corrected chi connectivity index (χ1v) is 8.05. The lowest BCUT2D eigenvalue weighted by atomic mass is 9.77. The monoisotopic (exact) mass is 319 g/mol. The molecule has 5 heteroatoms. The van der Waals surface area contributed by atoms with Crippen LogP contribution < -0.4 is 5.32 Å². The van der Waals surface area contributed by atoms with Crippen LogP contribution in [0.4, 0.5) is 4.39 Å². The summed E-state index contributed by atoms with van der Waals surface area (Å²) in [5, 5.41) is 3.16. The summed E-state index contributed by atoms with van der Waals surface area (Å²) in [6.07, 6.45) is 2.03. The highest BCUT2D eigenvalue weighted by Gasteiger charge is 2.52. The Morgan fingerprint density at radius 1 is 1.13 bits per heavy atom. The van der Waals surface area contributed by atoms with Crippen molar-refractivity contribution in [2.45, 2.75) is 52.7 Å². The van der Waals surface area contributed by atoms with Gasteiger partial charge in [0.15, 0.2) is 0 Å². The van der Waals surface area contributed by atoms with Gasteiger partial charge in [-0.3, -0.25) is 0 Å². The highest BCUT2D eigenvalue weighted by atomic mass is 19.1. The molecule has 1 fully saturated rings. The third kappa shape index (κ3) is 3.68. The van der Waals surface area contributed by atoms with Crippen molar-refractivity contribution < 1.29 is 13.7 Å². The lowest BCUT2D eigenvalue weighted by Crippen LogP contribution is -2.41. The Hall–Kier alpha value is -1.17. The Kier molecular flexibility index (Phi) is 5.04. The molecule has 0 amide bonds. The van der Waals surface area contributed by atoms with Crippen molar-refractivity contribution in [2.24, 2.45) is 0 Å². The van der Waals surface area contributed by atoms with E-state index in [1.54, 1.807) is 13.8 Å². The zero-order valence-electron chi connectivity index (χ0n) is 15.2. The van der Waals surface area contributed by atoms with Gasteiger partial charge in [-0.05, 0) is 82.9 Å². The predicted molar refractivity (Wildman–Crippen MR) is 93.9 cm³/mol. The van der Waals surface area contributed by atoms with E-state index in [9.17, 15) is 4.39 Å². The van der Waals surface area contributed by atoms with Crippen molar-refractivity contribution in [2.75, 3.05) is 13.6 Å². The number of halogens is 1. The van der Waals surface area contributed by atoms with Crippen LogP contribution in [0.15, 0.2) is 17.6 Å². The summed E-state index contributed by atoms with van der Waals surface area (Å²) in [5.74, 6) is -0.145. The molecule has 0 aromatic heterocycles. The van der Waals surface area contributed by atoms with E-state index in [0.717, 1.165) is 11.0 Å². The van der Waals surface area contributed by atoms with Gasteiger partial charge in [-0.2, -0.15) is 0 Å². The standard InChI is InChI=1S/C18H27BFNO2/c1-12-8-14(9-13(2)16(12)20)10-15(11-21-7)19-22-17(3,4)18(5,6)23-19/h8-10,21H,11H2,1-7H3. The van der Waals surface area contributed by atoms with Gasteiger partial charge in [0.25, 0.3) is 0 Å². The van der Waals surface area contributed by atoms with Crippen molar-refractivity contribution in [3.63, 3.8) is 0 Å². The van der Waals surface area contributed by atoms with E-state index >= 15 is 0 Å². The maximum Gasteiger partial charge on any atom is 0.491 e. The fourth-order valence-corrected chi connectivity index (χ4v) is 2.68. The van der Waals surface area contributed by atoms with Crippen molar-refractivity contribution in [1.82, 2.24) is 5.32 Å². The van der Waals surface area contributed by atoms with E-state index in [4.69, 9.17) is 9.31 Å². The van der Waals surface area contributed by atoms with Gasteiger partial charge < -0.3 is 14.6 Å². The summed E-state index contributed by atoms with van der Waals surface area (Å²) < 4.78 is 26.1. The zero-order chi connectivity index (χ0) is 17.4. The summed E-state index contributed by atoms with van der Waals surface area (Å²) >= 11 is 0. The SMILES string of the molecule is CNCC(=Cc1cc(C)c(F)c(C)c1)B1OC(C)(C)C(C)(C)O1. The van der Waals surface area contributed by atoms with Gasteiger partial charge in [-0.25, -0.2) is 4.39 Å². The fraction of sp³-hybridized carbons (Fsp3) is 0.556. The highest BCUT2D eigenvalue weighted by molar-refractivity contribution is 6.55. The second kappa shape index (κ2) is 6.38. The molecule has 0 unspecified atom stereocenters. The zero-order valence-corrected chi connectivity index (χ0v) is 15.2. The van der Waals surface area contributed by atoms with Crippen molar-refractivity contribution in [3.05, 3.63) is 40.1 Å². The largest absolute Gasteiger partial charge is 0.491 e. The molecule has 3 nitrogen and oxygen atoms in total. The average molecular weight is 319 g/mol. The molecule has 1 aliphatic heterocycles. The minimum absolute atomic E-state index is 0.145. The number of likely N-dealkylation sites (N-methyl/N-ethyl adjacent to an activating group) is 1. The molecule has 0 atom stereocenters. The second-order valence-corrected chi connectivity index (χ2v) is 7.31. The number of benzene rings is 1. The van der Waals surface area contributed by atoms with Crippen LogP contribution in [0.25, 0.3) is 6.08 Å². The average Bonchev–Trinajstić information content (AvgIpc) is 2.64. The van der Waals surface area contributed by atoms with Crippen LogP contribution in [0, 0.1) is 19.7 Å². The van der Waals surface area contributed by atoms with E-state index in [1.165, 1.54) is 0 Å². The molecule has 0 saturated carbocycles. The van der Waals surface area contributed by atoms with Gasteiger partial charge in [0, 0.05) is 6.54 Å².